The van der Waals surface area contributed by atoms with Crippen LogP contribution in [0.25, 0.3) is 11.1 Å². The molecule has 0 aliphatic carbocycles. The van der Waals surface area contributed by atoms with Crippen LogP contribution in [0, 0.1) is 4.84 Å². The molecule has 1 aliphatic heterocycles. The van der Waals surface area contributed by atoms with Gasteiger partial charge in [0.2, 0.25) is 0 Å². The third-order valence-electron chi connectivity index (χ3n) is 4.87. The van der Waals surface area contributed by atoms with Crippen LogP contribution in [0.15, 0.2) is 47.0 Å². The summed E-state index contributed by atoms with van der Waals surface area (Å²) in [6.45, 7) is 6.35. The smallest absolute Gasteiger partial charge is 0.339 e. The average molecular weight is 398 g/mol. The Labute approximate surface area is 168 Å². The molecule has 3 heterocycles. The van der Waals surface area contributed by atoms with Gasteiger partial charge in [0, 0.05) is 32.4 Å². The summed E-state index contributed by atoms with van der Waals surface area (Å²) in [4.78, 5) is 21.2. The SMILES string of the molecule is CCOC(=O)c1ccc(N2CCN(Cn3c(=S)oc4ccccc43)CC2)nc1. The Morgan fingerprint density at radius 3 is 2.68 bits per heavy atom. The van der Waals surface area contributed by atoms with Gasteiger partial charge in [-0.05, 0) is 43.4 Å². The molecule has 0 unspecified atom stereocenters. The fourth-order valence-electron chi connectivity index (χ4n) is 3.37. The summed E-state index contributed by atoms with van der Waals surface area (Å²) < 4.78 is 12.7. The molecule has 28 heavy (non-hydrogen) atoms. The number of para-hydroxylation sites is 2. The maximum absolute atomic E-state index is 11.7. The quantitative estimate of drug-likeness (QED) is 0.483. The molecule has 0 bridgehead atoms. The van der Waals surface area contributed by atoms with E-state index < -0.39 is 0 Å². The molecular weight excluding hydrogens is 376 g/mol. The molecule has 8 heteroatoms. The highest BCUT2D eigenvalue weighted by molar-refractivity contribution is 7.71. The van der Waals surface area contributed by atoms with Crippen molar-refractivity contribution in [2.24, 2.45) is 0 Å². The lowest BCUT2D eigenvalue weighted by molar-refractivity contribution is 0.0526. The molecule has 1 aromatic carbocycles. The molecule has 0 saturated carbocycles. The molecule has 1 saturated heterocycles. The van der Waals surface area contributed by atoms with Crippen molar-refractivity contribution in [3.63, 3.8) is 0 Å². The molecule has 7 nitrogen and oxygen atoms in total. The molecule has 0 atom stereocenters. The largest absolute Gasteiger partial charge is 0.462 e. The fourth-order valence-corrected chi connectivity index (χ4v) is 3.62. The zero-order valence-electron chi connectivity index (χ0n) is 15.7. The molecule has 2 aromatic heterocycles. The molecule has 1 fully saturated rings. The van der Waals surface area contributed by atoms with Gasteiger partial charge in [-0.15, -0.1) is 0 Å². The molecule has 0 radical (unpaired) electrons. The van der Waals surface area contributed by atoms with Crippen molar-refractivity contribution in [3.8, 4) is 0 Å². The van der Waals surface area contributed by atoms with E-state index in [9.17, 15) is 4.79 Å². The van der Waals surface area contributed by atoms with Crippen LogP contribution < -0.4 is 4.90 Å². The Balaban J connectivity index is 1.39. The number of benzene rings is 1. The molecule has 0 spiro atoms. The van der Waals surface area contributed by atoms with Crippen molar-refractivity contribution in [2.75, 3.05) is 37.7 Å². The molecule has 1 aliphatic rings. The number of hydrogen-bond acceptors (Lipinski definition) is 7. The number of fused-ring (bicyclic) bond motifs is 1. The van der Waals surface area contributed by atoms with E-state index in [4.69, 9.17) is 21.4 Å². The average Bonchev–Trinajstić information content (AvgIpc) is 3.04. The van der Waals surface area contributed by atoms with E-state index in [0.29, 0.717) is 23.7 Å². The second-order valence-electron chi connectivity index (χ2n) is 6.64. The van der Waals surface area contributed by atoms with Gasteiger partial charge in [-0.25, -0.2) is 9.78 Å². The highest BCUT2D eigenvalue weighted by Gasteiger charge is 2.20. The second-order valence-corrected chi connectivity index (χ2v) is 6.99. The zero-order valence-corrected chi connectivity index (χ0v) is 16.5. The van der Waals surface area contributed by atoms with E-state index in [1.54, 1.807) is 19.2 Å². The lowest BCUT2D eigenvalue weighted by Crippen LogP contribution is -2.47. The Morgan fingerprint density at radius 2 is 1.96 bits per heavy atom. The minimum atomic E-state index is -0.338. The summed E-state index contributed by atoms with van der Waals surface area (Å²) in [7, 11) is 0. The van der Waals surface area contributed by atoms with Gasteiger partial charge in [-0.1, -0.05) is 12.1 Å². The molecule has 0 amide bonds. The van der Waals surface area contributed by atoms with Crippen LogP contribution in [-0.2, 0) is 11.4 Å². The van der Waals surface area contributed by atoms with Crippen LogP contribution in [0.1, 0.15) is 17.3 Å². The summed E-state index contributed by atoms with van der Waals surface area (Å²) >= 11 is 5.38. The van der Waals surface area contributed by atoms with E-state index in [1.807, 2.05) is 34.9 Å². The maximum atomic E-state index is 11.7. The Morgan fingerprint density at radius 1 is 1.18 bits per heavy atom. The van der Waals surface area contributed by atoms with Gasteiger partial charge in [-0.3, -0.25) is 9.47 Å². The number of oxazole rings is 1. The zero-order chi connectivity index (χ0) is 19.5. The van der Waals surface area contributed by atoms with Crippen molar-refractivity contribution in [1.82, 2.24) is 14.5 Å². The standard InChI is InChI=1S/C20H22N4O3S/c1-2-26-19(25)15-7-8-18(21-13-15)23-11-9-22(10-12-23)14-24-16-5-3-4-6-17(16)27-20(24)28/h3-8,13H,2,9-12,14H2,1H3. The van der Waals surface area contributed by atoms with Crippen LogP contribution in [0.2, 0.25) is 0 Å². The Kier molecular flexibility index (Phi) is 5.40. The van der Waals surface area contributed by atoms with E-state index in [1.165, 1.54) is 0 Å². The maximum Gasteiger partial charge on any atom is 0.339 e. The van der Waals surface area contributed by atoms with Crippen LogP contribution >= 0.6 is 12.2 Å². The lowest BCUT2D eigenvalue weighted by Gasteiger charge is -2.35. The number of pyridine rings is 1. The van der Waals surface area contributed by atoms with Crippen LogP contribution in [-0.4, -0.2) is 53.2 Å². The molecular formula is C20H22N4O3S. The number of ether oxygens (including phenoxy) is 1. The third kappa shape index (κ3) is 3.79. The van der Waals surface area contributed by atoms with Gasteiger partial charge in [0.25, 0.3) is 4.84 Å². The van der Waals surface area contributed by atoms with Gasteiger partial charge in [0.15, 0.2) is 5.58 Å². The fraction of sp³-hybridized carbons (Fsp3) is 0.350. The van der Waals surface area contributed by atoms with E-state index in [2.05, 4.69) is 14.8 Å². The van der Waals surface area contributed by atoms with Crippen LogP contribution in [0.3, 0.4) is 0 Å². The Hall–Kier alpha value is -2.71. The second kappa shape index (κ2) is 8.12. The first-order chi connectivity index (χ1) is 13.7. The molecule has 0 N–H and O–H groups in total. The van der Waals surface area contributed by atoms with Gasteiger partial charge in [-0.2, -0.15) is 0 Å². The normalized spacial score (nSPS) is 15.1. The molecule has 4 rings (SSSR count). The van der Waals surface area contributed by atoms with E-state index >= 15 is 0 Å². The van der Waals surface area contributed by atoms with Crippen molar-refractivity contribution < 1.29 is 13.9 Å². The lowest BCUT2D eigenvalue weighted by atomic mass is 10.2. The predicted octanol–water partition coefficient (Wildman–Crippen LogP) is 3.32. The minimum Gasteiger partial charge on any atom is -0.462 e. The Bertz CT molecular complexity index is 1020. The first kappa shape index (κ1) is 18.6. The van der Waals surface area contributed by atoms with Crippen LogP contribution in [0.5, 0.6) is 0 Å². The van der Waals surface area contributed by atoms with Crippen molar-refractivity contribution in [1.29, 1.82) is 0 Å². The number of hydrogen-bond donors (Lipinski definition) is 0. The number of carbonyl (C=O) groups excluding carboxylic acids is 1. The summed E-state index contributed by atoms with van der Waals surface area (Å²) in [6, 6.07) is 11.5. The number of rotatable bonds is 5. The van der Waals surface area contributed by atoms with Gasteiger partial charge < -0.3 is 14.1 Å². The minimum absolute atomic E-state index is 0.338. The topological polar surface area (TPSA) is 63.7 Å². The number of anilines is 1. The molecule has 146 valence electrons. The van der Waals surface area contributed by atoms with E-state index in [-0.39, 0.29) is 5.97 Å². The first-order valence-corrected chi connectivity index (χ1v) is 9.75. The summed E-state index contributed by atoms with van der Waals surface area (Å²) in [5.41, 5.74) is 2.31. The van der Waals surface area contributed by atoms with Crippen molar-refractivity contribution >= 4 is 35.1 Å². The van der Waals surface area contributed by atoms with Crippen LogP contribution in [0.4, 0.5) is 5.82 Å². The highest BCUT2D eigenvalue weighted by atomic mass is 32.1. The number of esters is 1. The van der Waals surface area contributed by atoms with Gasteiger partial charge in [0.05, 0.1) is 24.4 Å². The summed E-state index contributed by atoms with van der Waals surface area (Å²) in [5.74, 6) is 0.536. The summed E-state index contributed by atoms with van der Waals surface area (Å²) in [5, 5.41) is 0. The number of carbonyl (C=O) groups is 1. The third-order valence-corrected chi connectivity index (χ3v) is 5.17. The number of aromatic nitrogens is 2. The van der Waals surface area contributed by atoms with E-state index in [0.717, 1.165) is 43.1 Å². The predicted molar refractivity (Wildman–Crippen MR) is 109 cm³/mol. The number of nitrogens with zero attached hydrogens (tertiary/aromatic N) is 4. The van der Waals surface area contributed by atoms with Crippen molar-refractivity contribution in [2.45, 2.75) is 13.6 Å². The van der Waals surface area contributed by atoms with Gasteiger partial charge in [0.1, 0.15) is 5.82 Å². The summed E-state index contributed by atoms with van der Waals surface area (Å²) in [6.07, 6.45) is 1.58. The molecule has 3 aromatic rings. The first-order valence-electron chi connectivity index (χ1n) is 9.34. The highest BCUT2D eigenvalue weighted by Crippen LogP contribution is 2.19. The van der Waals surface area contributed by atoms with Gasteiger partial charge >= 0.3 is 5.97 Å². The monoisotopic (exact) mass is 398 g/mol. The van der Waals surface area contributed by atoms with Crippen molar-refractivity contribution in [3.05, 3.63) is 53.0 Å². The number of piperazine rings is 1.